The minimum atomic E-state index is -4.89. The number of nitrogens with one attached hydrogen (secondary N) is 2. The van der Waals surface area contributed by atoms with Gasteiger partial charge in [0.25, 0.3) is 5.91 Å². The molecule has 0 aromatic rings. The van der Waals surface area contributed by atoms with Gasteiger partial charge < -0.3 is 10.6 Å². The molecule has 2 heterocycles. The number of hydroxylamine groups is 2. The molecule has 3 aliphatic rings. The van der Waals surface area contributed by atoms with Crippen LogP contribution in [0.2, 0.25) is 0 Å². The van der Waals surface area contributed by atoms with Crippen LogP contribution in [0, 0.1) is 11.3 Å². The summed E-state index contributed by atoms with van der Waals surface area (Å²) in [7, 11) is -4.89. The molecule has 158 valence electrons. The van der Waals surface area contributed by atoms with Crippen LogP contribution in [0.5, 0.6) is 0 Å². The monoisotopic (exact) mass is 419 g/mol. The normalized spacial score (nSPS) is 31.8. The van der Waals surface area contributed by atoms with Crippen LogP contribution in [-0.4, -0.2) is 65.4 Å². The number of carbonyl (C=O) groups is 3. The van der Waals surface area contributed by atoms with E-state index in [0.29, 0.717) is 11.5 Å². The number of urea groups is 1. The Balaban J connectivity index is 1.68. The van der Waals surface area contributed by atoms with Gasteiger partial charge in [0.05, 0.1) is 12.0 Å². The second kappa shape index (κ2) is 7.13. The van der Waals surface area contributed by atoms with Crippen LogP contribution in [0.15, 0.2) is 0 Å². The largest absolute Gasteiger partial charge is 0.418 e. The zero-order valence-electron chi connectivity index (χ0n) is 15.6. The minimum absolute atomic E-state index is 0.0425. The quantitative estimate of drug-likeness (QED) is 0.328. The Bertz CT molecular complexity index is 786. The zero-order valence-corrected chi connectivity index (χ0v) is 16.4. The van der Waals surface area contributed by atoms with Crippen molar-refractivity contribution in [2.24, 2.45) is 17.1 Å². The first kappa shape index (κ1) is 20.8. The Morgan fingerprint density at radius 2 is 1.89 bits per heavy atom. The third kappa shape index (κ3) is 3.92. The molecule has 2 bridgehead atoms. The van der Waals surface area contributed by atoms with Crippen LogP contribution < -0.4 is 16.6 Å². The van der Waals surface area contributed by atoms with E-state index in [0.717, 1.165) is 17.7 Å². The number of hydrogen-bond acceptors (Lipinski definition) is 7. The second-order valence-corrected chi connectivity index (χ2v) is 9.17. The van der Waals surface area contributed by atoms with E-state index < -0.39 is 39.8 Å². The molecule has 28 heavy (non-hydrogen) atoms. The molecule has 13 heteroatoms. The molecule has 3 fully saturated rings. The lowest BCUT2D eigenvalue weighted by Crippen LogP contribution is -2.58. The maximum Gasteiger partial charge on any atom is 0.418 e. The zero-order chi connectivity index (χ0) is 20.9. The number of nitrogens with zero attached hydrogens (tertiary/aromatic N) is 2. The van der Waals surface area contributed by atoms with Crippen LogP contribution in [0.4, 0.5) is 4.79 Å². The molecular weight excluding hydrogens is 394 g/mol. The number of hydrogen-bond donors (Lipinski definition) is 4. The topological polar surface area (TPSA) is 171 Å². The van der Waals surface area contributed by atoms with Gasteiger partial charge in [-0.2, -0.15) is 13.5 Å². The molecule has 2 saturated heterocycles. The summed E-state index contributed by atoms with van der Waals surface area (Å²) in [6.45, 7) is 3.55. The van der Waals surface area contributed by atoms with E-state index in [1.807, 2.05) is 0 Å². The van der Waals surface area contributed by atoms with Crippen LogP contribution in [0.3, 0.4) is 0 Å². The summed E-state index contributed by atoms with van der Waals surface area (Å²) in [6.07, 6.45) is 2.44. The van der Waals surface area contributed by atoms with E-state index in [1.54, 1.807) is 13.8 Å². The lowest BCUT2D eigenvalue weighted by Gasteiger charge is -2.40. The number of rotatable bonds is 4. The van der Waals surface area contributed by atoms with Gasteiger partial charge in [0.15, 0.2) is 0 Å². The van der Waals surface area contributed by atoms with Crippen molar-refractivity contribution in [1.82, 2.24) is 20.8 Å². The van der Waals surface area contributed by atoms with Gasteiger partial charge in [-0.1, -0.05) is 20.3 Å². The molecule has 2 aliphatic heterocycles. The molecule has 0 radical (unpaired) electrons. The number of amides is 4. The molecule has 12 nitrogen and oxygen atoms in total. The Morgan fingerprint density at radius 3 is 2.46 bits per heavy atom. The maximum atomic E-state index is 12.6. The highest BCUT2D eigenvalue weighted by Gasteiger charge is 2.57. The first-order valence-electron chi connectivity index (χ1n) is 9.03. The number of carbonyl (C=O) groups excluding carboxylic acids is 3. The smallest absolute Gasteiger partial charge is 0.327 e. The van der Waals surface area contributed by atoms with E-state index >= 15 is 0 Å². The lowest BCUT2D eigenvalue weighted by atomic mass is 9.76. The van der Waals surface area contributed by atoms with Crippen molar-refractivity contribution in [2.75, 3.05) is 6.54 Å². The van der Waals surface area contributed by atoms with E-state index in [4.69, 9.17) is 10.3 Å². The summed E-state index contributed by atoms with van der Waals surface area (Å²) in [5.74, 6) is -1.36. The first-order chi connectivity index (χ1) is 12.9. The van der Waals surface area contributed by atoms with Crippen molar-refractivity contribution in [1.29, 1.82) is 0 Å². The standard InChI is InChI=1S/C15H25N5O7S/c1-15(2)6-10(13(22)18-17-12(21)8-4-3-5-9(8)16)19-7-11(15)20(14(19)23)27-28(24,25)26/h8-11H,3-7,16H2,1-2H3,(H,17,21)(H,18,22)(H,24,25,26). The fraction of sp³-hybridized carbons (Fsp3) is 0.800. The minimum Gasteiger partial charge on any atom is -0.327 e. The van der Waals surface area contributed by atoms with Gasteiger partial charge in [-0.3, -0.25) is 25.0 Å². The summed E-state index contributed by atoms with van der Waals surface area (Å²) >= 11 is 0. The highest BCUT2D eigenvalue weighted by Crippen LogP contribution is 2.42. The van der Waals surface area contributed by atoms with Crippen molar-refractivity contribution in [3.63, 3.8) is 0 Å². The lowest BCUT2D eigenvalue weighted by molar-refractivity contribution is -0.134. The Kier molecular flexibility index (Phi) is 5.29. The highest BCUT2D eigenvalue weighted by molar-refractivity contribution is 7.80. The van der Waals surface area contributed by atoms with Gasteiger partial charge in [-0.25, -0.2) is 4.79 Å². The number of piperidine rings is 1. The fourth-order valence-corrected chi connectivity index (χ4v) is 4.57. The van der Waals surface area contributed by atoms with Crippen LogP contribution >= 0.6 is 0 Å². The second-order valence-electron chi connectivity index (χ2n) is 8.17. The predicted molar refractivity (Wildman–Crippen MR) is 94.2 cm³/mol. The van der Waals surface area contributed by atoms with Gasteiger partial charge in [0, 0.05) is 12.6 Å². The maximum absolute atomic E-state index is 12.6. The number of hydrazine groups is 1. The molecule has 3 rings (SSSR count). The van der Waals surface area contributed by atoms with Crippen LogP contribution in [0.1, 0.15) is 39.5 Å². The molecule has 0 aromatic carbocycles. The molecular formula is C15H25N5O7S. The Hall–Kier alpha value is -1.96. The number of nitrogens with two attached hydrogens (primary N) is 1. The van der Waals surface area contributed by atoms with Gasteiger partial charge in [-0.15, -0.1) is 4.28 Å². The van der Waals surface area contributed by atoms with Crippen molar-refractivity contribution in [2.45, 2.75) is 57.7 Å². The first-order valence-corrected chi connectivity index (χ1v) is 10.4. The average molecular weight is 419 g/mol. The van der Waals surface area contributed by atoms with Gasteiger partial charge >= 0.3 is 16.4 Å². The molecule has 1 saturated carbocycles. The summed E-state index contributed by atoms with van der Waals surface area (Å²) in [6, 6.07) is -2.71. The Morgan fingerprint density at radius 1 is 1.25 bits per heavy atom. The van der Waals surface area contributed by atoms with Gasteiger partial charge in [-0.05, 0) is 24.7 Å². The molecule has 4 unspecified atom stereocenters. The molecule has 0 spiro atoms. The van der Waals surface area contributed by atoms with E-state index in [9.17, 15) is 22.8 Å². The summed E-state index contributed by atoms with van der Waals surface area (Å²) in [4.78, 5) is 38.5. The molecule has 4 atom stereocenters. The summed E-state index contributed by atoms with van der Waals surface area (Å²) < 4.78 is 35.5. The van der Waals surface area contributed by atoms with Crippen molar-refractivity contribution >= 4 is 28.2 Å². The predicted octanol–water partition coefficient (Wildman–Crippen LogP) is -1.10. The third-order valence-corrected chi connectivity index (χ3v) is 6.13. The fourth-order valence-electron chi connectivity index (χ4n) is 4.20. The van der Waals surface area contributed by atoms with E-state index in [1.165, 1.54) is 0 Å². The molecule has 5 N–H and O–H groups in total. The van der Waals surface area contributed by atoms with Gasteiger partial charge in [0.1, 0.15) is 6.04 Å². The van der Waals surface area contributed by atoms with E-state index in [-0.39, 0.29) is 30.8 Å². The average Bonchev–Trinajstić information content (AvgIpc) is 3.12. The molecule has 4 amide bonds. The molecule has 0 aromatic heterocycles. The van der Waals surface area contributed by atoms with Crippen molar-refractivity contribution in [3.8, 4) is 0 Å². The Labute approximate surface area is 162 Å². The summed E-state index contributed by atoms with van der Waals surface area (Å²) in [5.41, 5.74) is 9.90. The summed E-state index contributed by atoms with van der Waals surface area (Å²) in [5, 5.41) is 0.582. The van der Waals surface area contributed by atoms with Gasteiger partial charge in [0.2, 0.25) is 5.91 Å². The number of fused-ring (bicyclic) bond motifs is 2. The molecule has 1 aliphatic carbocycles. The van der Waals surface area contributed by atoms with Crippen molar-refractivity contribution in [3.05, 3.63) is 0 Å². The SMILES string of the molecule is CC1(C)CC(C(=O)NNC(=O)C2CCCC2N)N2CC1N(OS(=O)(=O)O)C2=O. The van der Waals surface area contributed by atoms with Crippen LogP contribution in [-0.2, 0) is 24.3 Å². The third-order valence-electron chi connectivity index (χ3n) is 5.78. The highest BCUT2D eigenvalue weighted by atomic mass is 32.3. The van der Waals surface area contributed by atoms with Crippen LogP contribution in [0.25, 0.3) is 0 Å². The van der Waals surface area contributed by atoms with E-state index in [2.05, 4.69) is 15.1 Å². The van der Waals surface area contributed by atoms with Crippen molar-refractivity contribution < 1.29 is 31.6 Å².